The lowest BCUT2D eigenvalue weighted by atomic mass is 10.2. The maximum Gasteiger partial charge on any atom is 0.387 e. The lowest BCUT2D eigenvalue weighted by molar-refractivity contribution is -0.0502. The second kappa shape index (κ2) is 7.53. The Labute approximate surface area is 132 Å². The number of halogens is 2. The molecule has 0 saturated carbocycles. The Hall–Kier alpha value is -2.70. The van der Waals surface area contributed by atoms with E-state index in [1.807, 2.05) is 12.1 Å². The molecule has 0 aliphatic rings. The fourth-order valence-electron chi connectivity index (χ4n) is 2.02. The molecule has 2 aromatic rings. The first-order valence-corrected chi connectivity index (χ1v) is 6.93. The molecule has 1 heterocycles. The number of ether oxygens (including phenoxy) is 1. The number of nitrogens with one attached hydrogen (secondary N) is 1. The highest BCUT2D eigenvalue weighted by Crippen LogP contribution is 2.27. The quantitative estimate of drug-likeness (QED) is 0.914. The van der Waals surface area contributed by atoms with Gasteiger partial charge in [-0.25, -0.2) is 4.79 Å². The van der Waals surface area contributed by atoms with E-state index in [1.54, 1.807) is 38.5 Å². The number of urea groups is 1. The third kappa shape index (κ3) is 4.64. The molecule has 1 N–H and O–H groups in total. The summed E-state index contributed by atoms with van der Waals surface area (Å²) in [5.74, 6) is 0.0367. The third-order valence-corrected chi connectivity index (χ3v) is 3.26. The summed E-state index contributed by atoms with van der Waals surface area (Å²) in [6, 6.07) is 7.88. The Balaban J connectivity index is 2.05. The predicted molar refractivity (Wildman–Crippen MR) is 82.5 cm³/mol. The molecule has 0 aliphatic heterocycles. The van der Waals surface area contributed by atoms with E-state index in [4.69, 9.17) is 0 Å². The zero-order valence-electron chi connectivity index (χ0n) is 12.8. The summed E-state index contributed by atoms with van der Waals surface area (Å²) >= 11 is 0. The Morgan fingerprint density at radius 2 is 2.00 bits per heavy atom. The summed E-state index contributed by atoms with van der Waals surface area (Å²) in [6.45, 7) is -0.898. The van der Waals surface area contributed by atoms with E-state index in [0.29, 0.717) is 17.8 Å². The molecule has 0 saturated heterocycles. The number of amides is 2. The maximum atomic E-state index is 12.3. The molecule has 0 bridgehead atoms. The van der Waals surface area contributed by atoms with Crippen LogP contribution in [0.2, 0.25) is 0 Å². The van der Waals surface area contributed by atoms with E-state index < -0.39 is 6.61 Å². The zero-order chi connectivity index (χ0) is 16.8. The summed E-state index contributed by atoms with van der Waals surface area (Å²) in [5.41, 5.74) is 1.80. The average Bonchev–Trinajstić information content (AvgIpc) is 2.51. The molecule has 0 atom stereocenters. The standard InChI is InChI=1S/C16H17F2N3O2/c1-11-13(4-3-5-14(11)23-15(17)18)20-16(22)21(2)10-12-6-8-19-9-7-12/h3-9,15H,10H2,1-2H3,(H,20,22). The first-order valence-electron chi connectivity index (χ1n) is 6.93. The number of hydrogen-bond donors (Lipinski definition) is 1. The van der Waals surface area contributed by atoms with Crippen LogP contribution in [0, 0.1) is 6.92 Å². The van der Waals surface area contributed by atoms with Crippen LogP contribution in [0.25, 0.3) is 0 Å². The van der Waals surface area contributed by atoms with Gasteiger partial charge < -0.3 is 15.0 Å². The van der Waals surface area contributed by atoms with E-state index >= 15 is 0 Å². The number of carbonyl (C=O) groups is 1. The van der Waals surface area contributed by atoms with Crippen molar-refractivity contribution in [2.45, 2.75) is 20.1 Å². The monoisotopic (exact) mass is 321 g/mol. The number of hydrogen-bond acceptors (Lipinski definition) is 3. The highest BCUT2D eigenvalue weighted by atomic mass is 19.3. The van der Waals surface area contributed by atoms with Crippen LogP contribution in [-0.4, -0.2) is 29.6 Å². The van der Waals surface area contributed by atoms with Gasteiger partial charge in [0.2, 0.25) is 0 Å². The highest BCUT2D eigenvalue weighted by molar-refractivity contribution is 5.90. The molecule has 23 heavy (non-hydrogen) atoms. The first-order chi connectivity index (χ1) is 11.0. The van der Waals surface area contributed by atoms with Crippen molar-refractivity contribution in [3.63, 3.8) is 0 Å². The minimum Gasteiger partial charge on any atom is -0.434 e. The largest absolute Gasteiger partial charge is 0.434 e. The minimum absolute atomic E-state index is 0.0367. The molecule has 2 amide bonds. The van der Waals surface area contributed by atoms with Crippen molar-refractivity contribution in [2.75, 3.05) is 12.4 Å². The van der Waals surface area contributed by atoms with Crippen molar-refractivity contribution in [3.8, 4) is 5.75 Å². The summed E-state index contributed by atoms with van der Waals surface area (Å²) in [4.78, 5) is 17.6. The van der Waals surface area contributed by atoms with Crippen molar-refractivity contribution in [1.29, 1.82) is 0 Å². The van der Waals surface area contributed by atoms with Crippen molar-refractivity contribution in [3.05, 3.63) is 53.9 Å². The van der Waals surface area contributed by atoms with E-state index in [1.165, 1.54) is 11.0 Å². The van der Waals surface area contributed by atoms with E-state index in [0.717, 1.165) is 5.56 Å². The minimum atomic E-state index is -2.91. The predicted octanol–water partition coefficient (Wildman–Crippen LogP) is 3.66. The van der Waals surface area contributed by atoms with Crippen LogP contribution < -0.4 is 10.1 Å². The second-order valence-corrected chi connectivity index (χ2v) is 4.95. The molecular weight excluding hydrogens is 304 g/mol. The van der Waals surface area contributed by atoms with Gasteiger partial charge in [-0.2, -0.15) is 8.78 Å². The highest BCUT2D eigenvalue weighted by Gasteiger charge is 2.14. The molecule has 1 aromatic carbocycles. The van der Waals surface area contributed by atoms with Crippen LogP contribution in [0.15, 0.2) is 42.7 Å². The normalized spacial score (nSPS) is 10.5. The molecule has 5 nitrogen and oxygen atoms in total. The SMILES string of the molecule is Cc1c(NC(=O)N(C)Cc2ccncc2)cccc1OC(F)F. The fraction of sp³-hybridized carbons (Fsp3) is 0.250. The van der Waals surface area contributed by atoms with Gasteiger partial charge >= 0.3 is 12.6 Å². The molecule has 7 heteroatoms. The zero-order valence-corrected chi connectivity index (χ0v) is 12.8. The number of benzene rings is 1. The summed E-state index contributed by atoms with van der Waals surface area (Å²) < 4.78 is 29.1. The van der Waals surface area contributed by atoms with Crippen LogP contribution in [0.3, 0.4) is 0 Å². The topological polar surface area (TPSA) is 54.5 Å². The Kier molecular flexibility index (Phi) is 5.46. The number of aromatic nitrogens is 1. The van der Waals surface area contributed by atoms with Gasteiger partial charge in [-0.05, 0) is 36.8 Å². The van der Waals surface area contributed by atoms with E-state index in [9.17, 15) is 13.6 Å². The van der Waals surface area contributed by atoms with Crippen molar-refractivity contribution in [2.24, 2.45) is 0 Å². The number of anilines is 1. The van der Waals surface area contributed by atoms with Crippen LogP contribution in [-0.2, 0) is 6.54 Å². The molecular formula is C16H17F2N3O2. The fourth-order valence-corrected chi connectivity index (χ4v) is 2.02. The van der Waals surface area contributed by atoms with Crippen LogP contribution >= 0.6 is 0 Å². The second-order valence-electron chi connectivity index (χ2n) is 4.95. The van der Waals surface area contributed by atoms with Gasteiger partial charge in [-0.3, -0.25) is 4.98 Å². The van der Waals surface area contributed by atoms with Gasteiger partial charge in [0.05, 0.1) is 0 Å². The lowest BCUT2D eigenvalue weighted by Crippen LogP contribution is -2.31. The summed E-state index contributed by atoms with van der Waals surface area (Å²) in [5, 5.41) is 2.69. The molecule has 122 valence electrons. The molecule has 0 aliphatic carbocycles. The number of alkyl halides is 2. The average molecular weight is 321 g/mol. The maximum absolute atomic E-state index is 12.3. The van der Waals surface area contributed by atoms with Crippen molar-refractivity contribution in [1.82, 2.24) is 9.88 Å². The number of rotatable bonds is 5. The van der Waals surface area contributed by atoms with Crippen LogP contribution in [0.1, 0.15) is 11.1 Å². The Morgan fingerprint density at radius 3 is 2.65 bits per heavy atom. The van der Waals surface area contributed by atoms with Gasteiger partial charge in [-0.1, -0.05) is 6.07 Å². The molecule has 0 fully saturated rings. The Morgan fingerprint density at radius 1 is 1.30 bits per heavy atom. The van der Waals surface area contributed by atoms with E-state index in [-0.39, 0.29) is 11.8 Å². The first kappa shape index (κ1) is 16.7. The molecule has 0 unspecified atom stereocenters. The van der Waals surface area contributed by atoms with Crippen LogP contribution in [0.4, 0.5) is 19.3 Å². The summed E-state index contributed by atoms with van der Waals surface area (Å²) in [7, 11) is 1.64. The Bertz CT molecular complexity index is 666. The van der Waals surface area contributed by atoms with Crippen molar-refractivity contribution >= 4 is 11.7 Å². The summed E-state index contributed by atoms with van der Waals surface area (Å²) in [6.07, 6.45) is 3.30. The molecule has 1 aromatic heterocycles. The van der Waals surface area contributed by atoms with E-state index in [2.05, 4.69) is 15.0 Å². The number of nitrogens with zero attached hydrogens (tertiary/aromatic N) is 2. The third-order valence-electron chi connectivity index (χ3n) is 3.26. The van der Waals surface area contributed by atoms with Gasteiger partial charge in [0, 0.05) is 37.2 Å². The molecule has 0 spiro atoms. The van der Waals surface area contributed by atoms with Crippen molar-refractivity contribution < 1.29 is 18.3 Å². The lowest BCUT2D eigenvalue weighted by Gasteiger charge is -2.19. The molecule has 0 radical (unpaired) electrons. The van der Waals surface area contributed by atoms with Gasteiger partial charge in [-0.15, -0.1) is 0 Å². The number of pyridine rings is 1. The van der Waals surface area contributed by atoms with Gasteiger partial charge in [0.25, 0.3) is 0 Å². The number of carbonyl (C=O) groups excluding carboxylic acids is 1. The smallest absolute Gasteiger partial charge is 0.387 e. The van der Waals surface area contributed by atoms with Crippen LogP contribution in [0.5, 0.6) is 5.75 Å². The van der Waals surface area contributed by atoms with Gasteiger partial charge in [0.15, 0.2) is 0 Å². The molecule has 2 rings (SSSR count). The van der Waals surface area contributed by atoms with Gasteiger partial charge in [0.1, 0.15) is 5.75 Å².